The summed E-state index contributed by atoms with van der Waals surface area (Å²) in [5.74, 6) is -0.854. The summed E-state index contributed by atoms with van der Waals surface area (Å²) in [4.78, 5) is 12.3. The molecule has 0 aliphatic rings. The van der Waals surface area contributed by atoms with Gasteiger partial charge in [-0.05, 0) is 30.7 Å². The molecule has 0 bridgehead atoms. The van der Waals surface area contributed by atoms with E-state index in [1.54, 1.807) is 30.3 Å². The number of hydrogen-bond acceptors (Lipinski definition) is 5. The highest BCUT2D eigenvalue weighted by Crippen LogP contribution is 2.15. The number of carbonyl (C=O) groups is 1. The Hall–Kier alpha value is -3.20. The monoisotopic (exact) mass is 371 g/mol. The molecule has 1 heterocycles. The lowest BCUT2D eigenvalue weighted by molar-refractivity contribution is 0.0976. The van der Waals surface area contributed by atoms with Crippen molar-refractivity contribution in [1.82, 2.24) is 19.7 Å². The second kappa shape index (κ2) is 6.96. The summed E-state index contributed by atoms with van der Waals surface area (Å²) < 4.78 is 29.2. The van der Waals surface area contributed by atoms with Gasteiger partial charge < -0.3 is 0 Å². The molecular weight excluding hydrogens is 354 g/mol. The summed E-state index contributed by atoms with van der Waals surface area (Å²) in [6, 6.07) is 15.9. The number of aryl methyl sites for hydroxylation is 1. The van der Waals surface area contributed by atoms with Crippen LogP contribution in [0.5, 0.6) is 0 Å². The Labute approximate surface area is 151 Å². The molecule has 0 spiro atoms. The first-order valence-electron chi connectivity index (χ1n) is 7.73. The van der Waals surface area contributed by atoms with Crippen LogP contribution in [-0.2, 0) is 10.2 Å². The molecule has 0 saturated carbocycles. The second-order valence-corrected chi connectivity index (χ2v) is 7.28. The average Bonchev–Trinajstić information content (AvgIpc) is 3.12. The van der Waals surface area contributed by atoms with Crippen LogP contribution in [0.15, 0.2) is 60.8 Å². The highest BCUT2D eigenvalue weighted by Gasteiger charge is 2.23. The van der Waals surface area contributed by atoms with Crippen molar-refractivity contribution in [3.8, 4) is 5.69 Å². The first-order chi connectivity index (χ1) is 12.4. The summed E-state index contributed by atoms with van der Waals surface area (Å²) in [5, 5.41) is 7.67. The molecule has 0 saturated heterocycles. The first-order valence-corrected chi connectivity index (χ1v) is 9.17. The second-order valence-electron chi connectivity index (χ2n) is 5.57. The van der Waals surface area contributed by atoms with E-state index < -0.39 is 16.1 Å². The van der Waals surface area contributed by atoms with E-state index in [0.717, 1.165) is 15.6 Å². The fourth-order valence-electron chi connectivity index (χ4n) is 2.32. The van der Waals surface area contributed by atoms with Crippen LogP contribution >= 0.6 is 0 Å². The van der Waals surface area contributed by atoms with Crippen LogP contribution < -0.4 is 9.03 Å². The number of carbonyl (C=O) groups excluding carboxylic acids is 1. The lowest BCUT2D eigenvalue weighted by Gasteiger charge is -2.19. The van der Waals surface area contributed by atoms with Gasteiger partial charge in [0.15, 0.2) is 5.69 Å². The number of aromatic nitrogens is 3. The molecule has 0 aliphatic heterocycles. The minimum absolute atomic E-state index is 0.0988. The van der Waals surface area contributed by atoms with E-state index in [-0.39, 0.29) is 5.69 Å². The zero-order chi connectivity index (χ0) is 18.7. The quantitative estimate of drug-likeness (QED) is 0.736. The topological polar surface area (TPSA) is 97.2 Å². The fraction of sp³-hybridized carbons (Fsp3) is 0.118. The van der Waals surface area contributed by atoms with Crippen molar-refractivity contribution in [2.24, 2.45) is 0 Å². The van der Waals surface area contributed by atoms with Crippen molar-refractivity contribution in [2.75, 3.05) is 11.4 Å². The first kappa shape index (κ1) is 17.6. The van der Waals surface area contributed by atoms with Crippen LogP contribution in [0.2, 0.25) is 0 Å². The number of anilines is 1. The summed E-state index contributed by atoms with van der Waals surface area (Å²) in [7, 11) is -2.71. The molecule has 2 aromatic carbocycles. The van der Waals surface area contributed by atoms with E-state index in [4.69, 9.17) is 0 Å². The standard InChI is InChI=1S/C17H17N5O3S/c1-13-8-6-7-11-16(13)22-12-15(18-20-22)17(23)19-26(24,25)21(2)14-9-4-3-5-10-14/h3-12H,1-2H3,(H,19,23). The molecule has 1 N–H and O–H groups in total. The maximum absolute atomic E-state index is 12.4. The lowest BCUT2D eigenvalue weighted by atomic mass is 10.2. The number of para-hydroxylation sites is 2. The number of benzene rings is 2. The maximum Gasteiger partial charge on any atom is 0.326 e. The minimum atomic E-state index is -4.07. The van der Waals surface area contributed by atoms with Crippen LogP contribution in [0.1, 0.15) is 16.1 Å². The SMILES string of the molecule is Cc1ccccc1-n1cc(C(=O)NS(=O)(=O)N(C)c2ccccc2)nn1. The van der Waals surface area contributed by atoms with E-state index in [9.17, 15) is 13.2 Å². The number of nitrogens with one attached hydrogen (secondary N) is 1. The van der Waals surface area contributed by atoms with Crippen LogP contribution in [0.3, 0.4) is 0 Å². The lowest BCUT2D eigenvalue weighted by Crippen LogP contribution is -2.41. The summed E-state index contributed by atoms with van der Waals surface area (Å²) in [6.45, 7) is 1.90. The van der Waals surface area contributed by atoms with Crippen molar-refractivity contribution in [3.63, 3.8) is 0 Å². The molecule has 0 fully saturated rings. The Morgan fingerprint density at radius 1 is 1.08 bits per heavy atom. The third-order valence-corrected chi connectivity index (χ3v) is 5.17. The Bertz CT molecular complexity index is 1030. The van der Waals surface area contributed by atoms with Crippen molar-refractivity contribution < 1.29 is 13.2 Å². The highest BCUT2D eigenvalue weighted by atomic mass is 32.2. The molecule has 1 aromatic heterocycles. The van der Waals surface area contributed by atoms with Crippen LogP contribution in [-0.4, -0.2) is 36.4 Å². The van der Waals surface area contributed by atoms with Crippen molar-refractivity contribution in [1.29, 1.82) is 0 Å². The minimum Gasteiger partial charge on any atom is -0.266 e. The third-order valence-electron chi connectivity index (χ3n) is 3.79. The summed E-state index contributed by atoms with van der Waals surface area (Å²) in [6.07, 6.45) is 1.38. The average molecular weight is 371 g/mol. The van der Waals surface area contributed by atoms with E-state index in [0.29, 0.717) is 5.69 Å². The zero-order valence-electron chi connectivity index (χ0n) is 14.2. The van der Waals surface area contributed by atoms with Gasteiger partial charge in [0.05, 0.1) is 17.6 Å². The Morgan fingerprint density at radius 2 is 1.73 bits per heavy atom. The zero-order valence-corrected chi connectivity index (χ0v) is 15.0. The molecule has 0 atom stereocenters. The number of nitrogens with zero attached hydrogens (tertiary/aromatic N) is 4. The van der Waals surface area contributed by atoms with Crippen molar-refractivity contribution in [3.05, 3.63) is 72.1 Å². The molecular formula is C17H17N5O3S. The summed E-state index contributed by atoms with van der Waals surface area (Å²) in [5.41, 5.74) is 2.03. The predicted octanol–water partition coefficient (Wildman–Crippen LogP) is 1.69. The van der Waals surface area contributed by atoms with Gasteiger partial charge in [-0.15, -0.1) is 5.10 Å². The molecule has 9 heteroatoms. The molecule has 0 aliphatic carbocycles. The van der Waals surface area contributed by atoms with Gasteiger partial charge in [0.2, 0.25) is 0 Å². The van der Waals surface area contributed by atoms with Crippen LogP contribution in [0.25, 0.3) is 5.69 Å². The van der Waals surface area contributed by atoms with Crippen molar-refractivity contribution >= 4 is 21.8 Å². The van der Waals surface area contributed by atoms with E-state index >= 15 is 0 Å². The number of rotatable bonds is 5. The third kappa shape index (κ3) is 3.57. The Morgan fingerprint density at radius 3 is 2.42 bits per heavy atom. The van der Waals surface area contributed by atoms with E-state index in [2.05, 4.69) is 10.3 Å². The van der Waals surface area contributed by atoms with Gasteiger partial charge in [-0.2, -0.15) is 8.42 Å². The van der Waals surface area contributed by atoms with Gasteiger partial charge in [-0.1, -0.05) is 41.6 Å². The largest absolute Gasteiger partial charge is 0.326 e. The van der Waals surface area contributed by atoms with Crippen molar-refractivity contribution in [2.45, 2.75) is 6.92 Å². The molecule has 3 aromatic rings. The molecule has 0 radical (unpaired) electrons. The van der Waals surface area contributed by atoms with Gasteiger partial charge in [-0.25, -0.2) is 9.40 Å². The van der Waals surface area contributed by atoms with Gasteiger partial charge in [0.25, 0.3) is 5.91 Å². The van der Waals surface area contributed by atoms with Crippen LogP contribution in [0, 0.1) is 6.92 Å². The van der Waals surface area contributed by atoms with Gasteiger partial charge in [-0.3, -0.25) is 9.10 Å². The number of amides is 1. The Balaban J connectivity index is 1.79. The van der Waals surface area contributed by atoms with E-state index in [1.165, 1.54) is 17.9 Å². The predicted molar refractivity (Wildman–Crippen MR) is 97.3 cm³/mol. The van der Waals surface area contributed by atoms with Gasteiger partial charge >= 0.3 is 10.2 Å². The van der Waals surface area contributed by atoms with E-state index in [1.807, 2.05) is 35.9 Å². The smallest absolute Gasteiger partial charge is 0.266 e. The molecule has 0 unspecified atom stereocenters. The molecule has 3 rings (SSSR count). The molecule has 1 amide bonds. The molecule has 26 heavy (non-hydrogen) atoms. The fourth-order valence-corrected chi connectivity index (χ4v) is 3.20. The van der Waals surface area contributed by atoms with Crippen LogP contribution in [0.4, 0.5) is 5.69 Å². The normalized spacial score (nSPS) is 11.2. The molecule has 134 valence electrons. The maximum atomic E-state index is 12.4. The van der Waals surface area contributed by atoms with Gasteiger partial charge in [0, 0.05) is 7.05 Å². The number of hydrogen-bond donors (Lipinski definition) is 1. The highest BCUT2D eigenvalue weighted by molar-refractivity contribution is 7.91. The molecule has 8 nitrogen and oxygen atoms in total. The van der Waals surface area contributed by atoms with Gasteiger partial charge in [0.1, 0.15) is 0 Å². The summed E-state index contributed by atoms with van der Waals surface area (Å²) >= 11 is 0. The Kier molecular flexibility index (Phi) is 4.72.